The van der Waals surface area contributed by atoms with Crippen LogP contribution in [0.5, 0.6) is 0 Å². The molecule has 0 radical (unpaired) electrons. The lowest BCUT2D eigenvalue weighted by atomic mass is 10.1. The van der Waals surface area contributed by atoms with Crippen molar-refractivity contribution in [2.24, 2.45) is 0 Å². The summed E-state index contributed by atoms with van der Waals surface area (Å²) in [6.45, 7) is 0.287. The van der Waals surface area contributed by atoms with Crippen LogP contribution in [0.2, 0.25) is 4.34 Å². The van der Waals surface area contributed by atoms with Gasteiger partial charge in [0.2, 0.25) is 5.91 Å². The standard InChI is InChI=1S/C16H19ClN2O3S2/c1-19(24(21,22)16-10-9-14(17)23-16)12-15(20)18-11-5-8-13-6-3-2-4-7-13/h2-4,6-7,9-10H,5,8,11-12H2,1H3,(H,18,20). The lowest BCUT2D eigenvalue weighted by Gasteiger charge is -2.15. The number of carbonyl (C=O) groups is 1. The number of hydrogen-bond acceptors (Lipinski definition) is 4. The van der Waals surface area contributed by atoms with Crippen molar-refractivity contribution in [3.63, 3.8) is 0 Å². The van der Waals surface area contributed by atoms with Gasteiger partial charge in [-0.1, -0.05) is 41.9 Å². The predicted octanol–water partition coefficient (Wildman–Crippen LogP) is 2.77. The number of hydrogen-bond donors (Lipinski definition) is 1. The van der Waals surface area contributed by atoms with Crippen LogP contribution in [0.25, 0.3) is 0 Å². The zero-order chi connectivity index (χ0) is 17.6. The number of nitrogens with one attached hydrogen (secondary N) is 1. The van der Waals surface area contributed by atoms with E-state index in [1.807, 2.05) is 30.3 Å². The van der Waals surface area contributed by atoms with Gasteiger partial charge in [0.25, 0.3) is 10.0 Å². The summed E-state index contributed by atoms with van der Waals surface area (Å²) >= 11 is 6.74. The number of thiophene rings is 1. The van der Waals surface area contributed by atoms with E-state index in [0.29, 0.717) is 10.9 Å². The van der Waals surface area contributed by atoms with E-state index in [0.717, 1.165) is 28.5 Å². The quantitative estimate of drug-likeness (QED) is 0.709. The average Bonchev–Trinajstić information content (AvgIpc) is 3.00. The summed E-state index contributed by atoms with van der Waals surface area (Å²) in [6, 6.07) is 13.0. The highest BCUT2D eigenvalue weighted by Gasteiger charge is 2.24. The summed E-state index contributed by atoms with van der Waals surface area (Å²) < 4.78 is 26.1. The Balaban J connectivity index is 1.77. The minimum absolute atomic E-state index is 0.131. The van der Waals surface area contributed by atoms with Gasteiger partial charge in [-0.25, -0.2) is 8.42 Å². The van der Waals surface area contributed by atoms with Crippen LogP contribution in [0.3, 0.4) is 0 Å². The molecule has 1 heterocycles. The average molecular weight is 387 g/mol. The Morgan fingerprint density at radius 3 is 2.54 bits per heavy atom. The number of benzene rings is 1. The van der Waals surface area contributed by atoms with E-state index in [1.54, 1.807) is 0 Å². The first-order valence-electron chi connectivity index (χ1n) is 7.42. The zero-order valence-corrected chi connectivity index (χ0v) is 15.6. The topological polar surface area (TPSA) is 66.5 Å². The predicted molar refractivity (Wildman–Crippen MR) is 96.9 cm³/mol. The molecular weight excluding hydrogens is 368 g/mol. The van der Waals surface area contributed by atoms with Gasteiger partial charge in [-0.05, 0) is 30.5 Å². The Morgan fingerprint density at radius 2 is 1.92 bits per heavy atom. The molecule has 1 N–H and O–H groups in total. The number of rotatable bonds is 8. The van der Waals surface area contributed by atoms with E-state index in [9.17, 15) is 13.2 Å². The molecule has 0 saturated carbocycles. The maximum Gasteiger partial charge on any atom is 0.252 e. The van der Waals surface area contributed by atoms with Gasteiger partial charge in [-0.15, -0.1) is 11.3 Å². The molecule has 0 aliphatic heterocycles. The van der Waals surface area contributed by atoms with Crippen molar-refractivity contribution < 1.29 is 13.2 Å². The van der Waals surface area contributed by atoms with Gasteiger partial charge in [-0.2, -0.15) is 4.31 Å². The molecule has 0 unspecified atom stereocenters. The van der Waals surface area contributed by atoms with Crippen LogP contribution in [0.15, 0.2) is 46.7 Å². The van der Waals surface area contributed by atoms with E-state index < -0.39 is 10.0 Å². The van der Waals surface area contributed by atoms with Crippen LogP contribution in [0, 0.1) is 0 Å². The summed E-state index contributed by atoms with van der Waals surface area (Å²) in [5.41, 5.74) is 1.21. The van der Waals surface area contributed by atoms with Crippen molar-refractivity contribution in [2.45, 2.75) is 17.1 Å². The van der Waals surface area contributed by atoms with Crippen LogP contribution in [0.4, 0.5) is 0 Å². The van der Waals surface area contributed by atoms with E-state index in [2.05, 4.69) is 5.32 Å². The van der Waals surface area contributed by atoms with Crippen molar-refractivity contribution in [2.75, 3.05) is 20.1 Å². The Hall–Kier alpha value is -1.41. The van der Waals surface area contributed by atoms with Crippen LogP contribution in [-0.4, -0.2) is 38.8 Å². The third-order valence-corrected chi connectivity index (χ3v) is 6.89. The molecule has 0 saturated heterocycles. The van der Waals surface area contributed by atoms with Crippen molar-refractivity contribution >= 4 is 38.9 Å². The van der Waals surface area contributed by atoms with E-state index in [4.69, 9.17) is 11.6 Å². The van der Waals surface area contributed by atoms with Gasteiger partial charge in [-0.3, -0.25) is 4.79 Å². The molecule has 0 spiro atoms. The summed E-state index contributed by atoms with van der Waals surface area (Å²) in [4.78, 5) is 11.9. The number of halogens is 1. The van der Waals surface area contributed by atoms with E-state index >= 15 is 0 Å². The first-order valence-corrected chi connectivity index (χ1v) is 10.1. The van der Waals surface area contributed by atoms with Crippen LogP contribution in [-0.2, 0) is 21.2 Å². The van der Waals surface area contributed by atoms with Gasteiger partial charge in [0.15, 0.2) is 0 Å². The van der Waals surface area contributed by atoms with Crippen LogP contribution >= 0.6 is 22.9 Å². The molecule has 2 rings (SSSR count). The van der Waals surface area contributed by atoms with Crippen LogP contribution in [0.1, 0.15) is 12.0 Å². The number of aryl methyl sites for hydroxylation is 1. The minimum atomic E-state index is -3.68. The molecule has 0 bridgehead atoms. The Morgan fingerprint density at radius 1 is 1.21 bits per heavy atom. The van der Waals surface area contributed by atoms with E-state index in [1.165, 1.54) is 24.7 Å². The Kier molecular flexibility index (Phi) is 6.79. The third-order valence-electron chi connectivity index (χ3n) is 3.39. The molecule has 0 fully saturated rings. The fourth-order valence-corrected chi connectivity index (χ4v) is 4.92. The Bertz CT molecular complexity index is 776. The molecule has 0 aliphatic rings. The summed E-state index contributed by atoms with van der Waals surface area (Å²) in [7, 11) is -2.30. The molecule has 1 aromatic heterocycles. The molecule has 5 nitrogen and oxygen atoms in total. The maximum absolute atomic E-state index is 12.3. The molecule has 1 aromatic carbocycles. The number of sulfonamides is 1. The molecule has 0 aliphatic carbocycles. The van der Waals surface area contributed by atoms with Crippen molar-refractivity contribution in [1.29, 1.82) is 0 Å². The number of carbonyl (C=O) groups excluding carboxylic acids is 1. The van der Waals surface area contributed by atoms with Gasteiger partial charge < -0.3 is 5.32 Å². The highest BCUT2D eigenvalue weighted by Crippen LogP contribution is 2.27. The van der Waals surface area contributed by atoms with Crippen molar-refractivity contribution in [3.05, 3.63) is 52.4 Å². The van der Waals surface area contributed by atoms with Gasteiger partial charge in [0.1, 0.15) is 4.21 Å². The first kappa shape index (κ1) is 18.9. The van der Waals surface area contributed by atoms with Crippen molar-refractivity contribution in [1.82, 2.24) is 9.62 Å². The molecule has 0 atom stereocenters. The SMILES string of the molecule is CN(CC(=O)NCCCc1ccccc1)S(=O)(=O)c1ccc(Cl)s1. The smallest absolute Gasteiger partial charge is 0.252 e. The number of amides is 1. The third kappa shape index (κ3) is 5.31. The fraction of sp³-hybridized carbons (Fsp3) is 0.312. The second-order valence-electron chi connectivity index (χ2n) is 5.26. The van der Waals surface area contributed by atoms with E-state index in [-0.39, 0.29) is 16.7 Å². The minimum Gasteiger partial charge on any atom is -0.355 e. The monoisotopic (exact) mass is 386 g/mol. The largest absolute Gasteiger partial charge is 0.355 e. The highest BCUT2D eigenvalue weighted by atomic mass is 35.5. The fourth-order valence-electron chi connectivity index (χ4n) is 2.10. The number of nitrogens with zero attached hydrogens (tertiary/aromatic N) is 1. The van der Waals surface area contributed by atoms with Gasteiger partial charge in [0.05, 0.1) is 10.9 Å². The number of likely N-dealkylation sites (N-methyl/N-ethyl adjacent to an activating group) is 1. The highest BCUT2D eigenvalue weighted by molar-refractivity contribution is 7.91. The summed E-state index contributed by atoms with van der Waals surface area (Å²) in [6.07, 6.45) is 1.66. The first-order chi connectivity index (χ1) is 11.4. The Labute approximate surface area is 151 Å². The molecule has 8 heteroatoms. The molecule has 2 aromatic rings. The molecule has 130 valence electrons. The van der Waals surface area contributed by atoms with Crippen LogP contribution < -0.4 is 5.32 Å². The van der Waals surface area contributed by atoms with Gasteiger partial charge >= 0.3 is 0 Å². The second kappa shape index (κ2) is 8.62. The molecule has 1 amide bonds. The zero-order valence-electron chi connectivity index (χ0n) is 13.2. The summed E-state index contributed by atoms with van der Waals surface area (Å²) in [5, 5.41) is 2.74. The second-order valence-corrected chi connectivity index (χ2v) is 9.25. The lowest BCUT2D eigenvalue weighted by Crippen LogP contribution is -2.38. The molecule has 24 heavy (non-hydrogen) atoms. The lowest BCUT2D eigenvalue weighted by molar-refractivity contribution is -0.121. The summed E-state index contributed by atoms with van der Waals surface area (Å²) in [5.74, 6) is -0.322. The van der Waals surface area contributed by atoms with Crippen molar-refractivity contribution in [3.8, 4) is 0 Å². The maximum atomic E-state index is 12.3. The molecular formula is C16H19ClN2O3S2. The van der Waals surface area contributed by atoms with Gasteiger partial charge in [0, 0.05) is 13.6 Å². The normalized spacial score (nSPS) is 11.6.